The maximum atomic E-state index is 12.7. The first-order valence-electron chi connectivity index (χ1n) is 10.2. The van der Waals surface area contributed by atoms with E-state index in [1.807, 2.05) is 42.6 Å². The molecule has 1 aromatic heterocycles. The van der Waals surface area contributed by atoms with E-state index in [4.69, 9.17) is 0 Å². The van der Waals surface area contributed by atoms with Gasteiger partial charge in [0.15, 0.2) is 0 Å². The van der Waals surface area contributed by atoms with Gasteiger partial charge in [-0.25, -0.2) is 9.97 Å². The van der Waals surface area contributed by atoms with Crippen molar-refractivity contribution in [2.75, 3.05) is 25.5 Å². The Balaban J connectivity index is 1.49. The van der Waals surface area contributed by atoms with Gasteiger partial charge >= 0.3 is 0 Å². The van der Waals surface area contributed by atoms with E-state index in [0.717, 1.165) is 48.9 Å². The summed E-state index contributed by atoms with van der Waals surface area (Å²) in [5.74, 6) is 0.502. The first-order chi connectivity index (χ1) is 14.1. The summed E-state index contributed by atoms with van der Waals surface area (Å²) in [4.78, 5) is 24.1. The number of hydrogen-bond donors (Lipinski definition) is 2. The molecule has 0 aliphatic carbocycles. The topological polar surface area (TPSA) is 70.2 Å². The van der Waals surface area contributed by atoms with Gasteiger partial charge in [0.1, 0.15) is 0 Å². The minimum atomic E-state index is -0.0316. The number of aryl methyl sites for hydroxylation is 1. The van der Waals surface area contributed by atoms with E-state index >= 15 is 0 Å². The molecule has 1 fully saturated rings. The molecule has 0 unspecified atom stereocenters. The number of rotatable bonds is 5. The lowest BCUT2D eigenvalue weighted by Crippen LogP contribution is -2.43. The molecule has 6 heteroatoms. The average molecular weight is 390 g/mol. The van der Waals surface area contributed by atoms with Crippen LogP contribution in [0.4, 0.5) is 11.6 Å². The maximum Gasteiger partial charge on any atom is 0.251 e. The predicted molar refractivity (Wildman–Crippen MR) is 117 cm³/mol. The third-order valence-corrected chi connectivity index (χ3v) is 5.51. The van der Waals surface area contributed by atoms with Crippen LogP contribution < -0.4 is 10.6 Å². The Morgan fingerprint density at radius 3 is 2.76 bits per heavy atom. The summed E-state index contributed by atoms with van der Waals surface area (Å²) in [6, 6.07) is 13.9. The summed E-state index contributed by atoms with van der Waals surface area (Å²) in [7, 11) is 2.12. The van der Waals surface area contributed by atoms with Crippen molar-refractivity contribution in [3.63, 3.8) is 0 Å². The second-order valence-electron chi connectivity index (χ2n) is 7.66. The fourth-order valence-electron chi connectivity index (χ4n) is 3.75. The normalized spacial score (nSPS) is 15.4. The van der Waals surface area contributed by atoms with E-state index in [2.05, 4.69) is 45.5 Å². The summed E-state index contributed by atoms with van der Waals surface area (Å²) < 4.78 is 0. The van der Waals surface area contributed by atoms with Gasteiger partial charge < -0.3 is 15.5 Å². The van der Waals surface area contributed by atoms with Crippen molar-refractivity contribution in [3.8, 4) is 0 Å². The lowest BCUT2D eigenvalue weighted by Gasteiger charge is -2.29. The van der Waals surface area contributed by atoms with Crippen molar-refractivity contribution in [2.45, 2.75) is 32.2 Å². The number of carbonyl (C=O) groups is 1. The smallest absolute Gasteiger partial charge is 0.251 e. The van der Waals surface area contributed by atoms with Crippen molar-refractivity contribution in [1.29, 1.82) is 0 Å². The predicted octanol–water partition coefficient (Wildman–Crippen LogP) is 3.76. The molecule has 2 aromatic carbocycles. The van der Waals surface area contributed by atoms with Crippen LogP contribution in [0.25, 0.3) is 10.9 Å². The number of hydrogen-bond acceptors (Lipinski definition) is 5. The van der Waals surface area contributed by atoms with Crippen LogP contribution >= 0.6 is 0 Å². The number of likely N-dealkylation sites (tertiary alicyclic amines) is 1. The summed E-state index contributed by atoms with van der Waals surface area (Å²) in [6.07, 6.45) is 4.73. The van der Waals surface area contributed by atoms with Gasteiger partial charge in [0, 0.05) is 28.9 Å². The first-order valence-corrected chi connectivity index (χ1v) is 10.2. The molecule has 2 N–H and O–H groups in total. The first kappa shape index (κ1) is 19.3. The van der Waals surface area contributed by atoms with Gasteiger partial charge in [0.05, 0.1) is 5.52 Å². The molecule has 0 atom stereocenters. The number of nitrogens with zero attached hydrogens (tertiary/aromatic N) is 3. The standard InChI is InChI=1S/C23H27N5O/c1-3-16-6-4-8-18-15-24-23(27-21(16)18)26-20-9-5-7-17(14-20)22(29)25-19-10-12-28(2)13-11-19/h4-9,14-15,19H,3,10-13H2,1-2H3,(H,25,29)(H,24,26,27). The molecule has 1 amide bonds. The number of fused-ring (bicyclic) bond motifs is 1. The van der Waals surface area contributed by atoms with E-state index in [9.17, 15) is 4.79 Å². The third kappa shape index (κ3) is 4.54. The highest BCUT2D eigenvalue weighted by molar-refractivity contribution is 5.95. The van der Waals surface area contributed by atoms with Gasteiger partial charge in [-0.1, -0.05) is 31.2 Å². The Hall–Kier alpha value is -2.99. The van der Waals surface area contributed by atoms with Crippen molar-refractivity contribution >= 4 is 28.4 Å². The third-order valence-electron chi connectivity index (χ3n) is 5.51. The van der Waals surface area contributed by atoms with Crippen LogP contribution in [0.5, 0.6) is 0 Å². The van der Waals surface area contributed by atoms with Crippen LogP contribution in [0, 0.1) is 0 Å². The van der Waals surface area contributed by atoms with Crippen LogP contribution in [-0.4, -0.2) is 47.0 Å². The number of aromatic nitrogens is 2. The molecule has 1 aliphatic rings. The van der Waals surface area contributed by atoms with Crippen molar-refractivity contribution in [3.05, 3.63) is 59.8 Å². The molecule has 29 heavy (non-hydrogen) atoms. The molecule has 0 radical (unpaired) electrons. The van der Waals surface area contributed by atoms with E-state index in [1.54, 1.807) is 0 Å². The second kappa shape index (κ2) is 8.57. The molecule has 0 spiro atoms. The van der Waals surface area contributed by atoms with Crippen LogP contribution in [0.1, 0.15) is 35.7 Å². The van der Waals surface area contributed by atoms with Gasteiger partial charge in [-0.05, 0) is 63.2 Å². The summed E-state index contributed by atoms with van der Waals surface area (Å²) >= 11 is 0. The Bertz CT molecular complexity index is 1010. The minimum absolute atomic E-state index is 0.0316. The fraction of sp³-hybridized carbons (Fsp3) is 0.348. The van der Waals surface area contributed by atoms with Crippen LogP contribution in [0.15, 0.2) is 48.7 Å². The van der Waals surface area contributed by atoms with E-state index in [1.165, 1.54) is 5.56 Å². The summed E-state index contributed by atoms with van der Waals surface area (Å²) in [5.41, 5.74) is 3.60. The van der Waals surface area contributed by atoms with Gasteiger partial charge in [-0.2, -0.15) is 0 Å². The van der Waals surface area contributed by atoms with Gasteiger partial charge in [0.25, 0.3) is 5.91 Å². The Morgan fingerprint density at radius 1 is 1.17 bits per heavy atom. The Morgan fingerprint density at radius 2 is 1.97 bits per heavy atom. The fourth-order valence-corrected chi connectivity index (χ4v) is 3.75. The molecule has 0 saturated carbocycles. The summed E-state index contributed by atoms with van der Waals surface area (Å²) in [5, 5.41) is 7.43. The van der Waals surface area contributed by atoms with E-state index in [0.29, 0.717) is 11.5 Å². The molecule has 150 valence electrons. The Labute approximate surface area is 171 Å². The highest BCUT2D eigenvalue weighted by atomic mass is 16.1. The van der Waals surface area contributed by atoms with Crippen LogP contribution in [-0.2, 0) is 6.42 Å². The highest BCUT2D eigenvalue weighted by Gasteiger charge is 2.19. The number of nitrogens with one attached hydrogen (secondary N) is 2. The number of benzene rings is 2. The lowest BCUT2D eigenvalue weighted by atomic mass is 10.0. The number of piperidine rings is 1. The monoisotopic (exact) mass is 389 g/mol. The minimum Gasteiger partial charge on any atom is -0.349 e. The maximum absolute atomic E-state index is 12.7. The summed E-state index contributed by atoms with van der Waals surface area (Å²) in [6.45, 7) is 4.16. The number of amides is 1. The second-order valence-corrected chi connectivity index (χ2v) is 7.66. The Kier molecular flexibility index (Phi) is 5.71. The molecule has 3 aromatic rings. The molecule has 1 aliphatic heterocycles. The number of anilines is 2. The van der Waals surface area contributed by atoms with Crippen LogP contribution in [0.3, 0.4) is 0 Å². The lowest BCUT2D eigenvalue weighted by molar-refractivity contribution is 0.0917. The number of carbonyl (C=O) groups excluding carboxylic acids is 1. The zero-order chi connectivity index (χ0) is 20.2. The number of para-hydroxylation sites is 1. The quantitative estimate of drug-likeness (QED) is 0.695. The SMILES string of the molecule is CCc1cccc2cnc(Nc3cccc(C(=O)NC4CCN(C)CC4)c3)nc12. The molecule has 6 nitrogen and oxygen atoms in total. The zero-order valence-electron chi connectivity index (χ0n) is 17.0. The molecule has 1 saturated heterocycles. The van der Waals surface area contributed by atoms with Gasteiger partial charge in [-0.3, -0.25) is 4.79 Å². The average Bonchev–Trinajstić information content (AvgIpc) is 2.75. The van der Waals surface area contributed by atoms with Crippen molar-refractivity contribution in [2.24, 2.45) is 0 Å². The van der Waals surface area contributed by atoms with E-state index < -0.39 is 0 Å². The van der Waals surface area contributed by atoms with Crippen molar-refractivity contribution < 1.29 is 4.79 Å². The van der Waals surface area contributed by atoms with Gasteiger partial charge in [0.2, 0.25) is 5.95 Å². The van der Waals surface area contributed by atoms with Crippen molar-refractivity contribution in [1.82, 2.24) is 20.2 Å². The van der Waals surface area contributed by atoms with Gasteiger partial charge in [-0.15, -0.1) is 0 Å². The molecule has 2 heterocycles. The molecule has 4 rings (SSSR count). The molecule has 0 bridgehead atoms. The highest BCUT2D eigenvalue weighted by Crippen LogP contribution is 2.21. The molecular formula is C23H27N5O. The zero-order valence-corrected chi connectivity index (χ0v) is 17.0. The van der Waals surface area contributed by atoms with Crippen LogP contribution in [0.2, 0.25) is 0 Å². The molecular weight excluding hydrogens is 362 g/mol. The largest absolute Gasteiger partial charge is 0.349 e. The van der Waals surface area contributed by atoms with E-state index in [-0.39, 0.29) is 11.9 Å².